The van der Waals surface area contributed by atoms with Crippen molar-refractivity contribution < 1.29 is 33.4 Å². The van der Waals surface area contributed by atoms with E-state index in [0.717, 1.165) is 64.0 Å². The first-order valence-electron chi connectivity index (χ1n) is 16.0. The van der Waals surface area contributed by atoms with E-state index in [1.807, 2.05) is 26.8 Å². The number of imide groups is 1. The Bertz CT molecular complexity index is 1200. The van der Waals surface area contributed by atoms with Gasteiger partial charge < -0.3 is 24.4 Å². The molecule has 1 atom stereocenters. The van der Waals surface area contributed by atoms with Crippen LogP contribution >= 0.6 is 0 Å². The third-order valence-corrected chi connectivity index (χ3v) is 8.92. The zero-order valence-electron chi connectivity index (χ0n) is 26.3. The summed E-state index contributed by atoms with van der Waals surface area (Å²) in [6.45, 7) is 12.4. The van der Waals surface area contributed by atoms with Crippen molar-refractivity contribution in [2.45, 2.75) is 89.6 Å². The minimum absolute atomic E-state index is 0.196. The number of hydrogen-bond acceptors (Lipinski definition) is 9. The summed E-state index contributed by atoms with van der Waals surface area (Å²) in [5.41, 5.74) is 0.835. The second kappa shape index (κ2) is 14.3. The Morgan fingerprint density at radius 3 is 2.43 bits per heavy atom. The average Bonchev–Trinajstić information content (AvgIpc) is 3.31. The smallest absolute Gasteiger partial charge is 0.407 e. The summed E-state index contributed by atoms with van der Waals surface area (Å²) in [6.07, 6.45) is 4.40. The Labute approximate surface area is 259 Å². The van der Waals surface area contributed by atoms with Gasteiger partial charge in [-0.05, 0) is 65.0 Å². The highest BCUT2D eigenvalue weighted by molar-refractivity contribution is 6.05. The summed E-state index contributed by atoms with van der Waals surface area (Å²) in [5, 5.41) is 5.37. The lowest BCUT2D eigenvalue weighted by molar-refractivity contribution is -0.136. The molecular formula is C32H47N5O7. The van der Waals surface area contributed by atoms with Crippen LogP contribution in [0.25, 0.3) is 0 Å². The molecule has 2 saturated heterocycles. The Morgan fingerprint density at radius 1 is 0.977 bits per heavy atom. The van der Waals surface area contributed by atoms with Crippen LogP contribution in [0.4, 0.5) is 4.79 Å². The highest BCUT2D eigenvalue weighted by atomic mass is 16.6. The van der Waals surface area contributed by atoms with Crippen LogP contribution in [0.5, 0.6) is 5.75 Å². The van der Waals surface area contributed by atoms with E-state index in [4.69, 9.17) is 14.2 Å². The van der Waals surface area contributed by atoms with E-state index < -0.39 is 17.6 Å². The Balaban J connectivity index is 0.952. The lowest BCUT2D eigenvalue weighted by Gasteiger charge is -2.42. The van der Waals surface area contributed by atoms with Crippen molar-refractivity contribution in [2.75, 3.05) is 52.5 Å². The van der Waals surface area contributed by atoms with E-state index >= 15 is 0 Å². The van der Waals surface area contributed by atoms with Crippen LogP contribution < -0.4 is 15.4 Å². The summed E-state index contributed by atoms with van der Waals surface area (Å²) in [6, 6.07) is 5.50. The minimum atomic E-state index is -0.645. The molecule has 1 unspecified atom stereocenters. The fourth-order valence-corrected chi connectivity index (χ4v) is 6.61. The van der Waals surface area contributed by atoms with Gasteiger partial charge in [-0.1, -0.05) is 6.07 Å². The van der Waals surface area contributed by atoms with E-state index in [9.17, 15) is 19.2 Å². The predicted octanol–water partition coefficient (Wildman–Crippen LogP) is 2.30. The van der Waals surface area contributed by atoms with Gasteiger partial charge >= 0.3 is 6.09 Å². The second-order valence-corrected chi connectivity index (χ2v) is 13.2. The number of fused-ring (bicyclic) bond motifs is 1. The van der Waals surface area contributed by atoms with Crippen LogP contribution in [0.15, 0.2) is 18.2 Å². The summed E-state index contributed by atoms with van der Waals surface area (Å²) < 4.78 is 17.3. The van der Waals surface area contributed by atoms with Crippen molar-refractivity contribution in [3.8, 4) is 5.75 Å². The van der Waals surface area contributed by atoms with Crippen LogP contribution in [0.2, 0.25) is 0 Å². The van der Waals surface area contributed by atoms with E-state index in [2.05, 4.69) is 20.4 Å². The summed E-state index contributed by atoms with van der Waals surface area (Å²) in [4.78, 5) is 55.5. The number of amides is 4. The van der Waals surface area contributed by atoms with E-state index in [0.29, 0.717) is 43.6 Å². The molecular weight excluding hydrogens is 566 g/mol. The topological polar surface area (TPSA) is 130 Å². The van der Waals surface area contributed by atoms with E-state index in [-0.39, 0.29) is 36.9 Å². The van der Waals surface area contributed by atoms with Gasteiger partial charge in [0.15, 0.2) is 0 Å². The molecule has 12 nitrogen and oxygen atoms in total. The zero-order valence-corrected chi connectivity index (χ0v) is 26.3. The van der Waals surface area contributed by atoms with Crippen molar-refractivity contribution in [3.63, 3.8) is 0 Å². The van der Waals surface area contributed by atoms with Gasteiger partial charge in [0.1, 0.15) is 24.0 Å². The number of hydrogen-bond donors (Lipinski definition) is 2. The van der Waals surface area contributed by atoms with Crippen LogP contribution in [0.3, 0.4) is 0 Å². The highest BCUT2D eigenvalue weighted by Crippen LogP contribution is 2.33. The van der Waals surface area contributed by atoms with Gasteiger partial charge in [0, 0.05) is 62.4 Å². The fraction of sp³-hybridized carbons (Fsp3) is 0.688. The van der Waals surface area contributed by atoms with Crippen molar-refractivity contribution in [1.29, 1.82) is 0 Å². The van der Waals surface area contributed by atoms with Gasteiger partial charge in [-0.3, -0.25) is 29.5 Å². The molecule has 0 radical (unpaired) electrons. The van der Waals surface area contributed by atoms with Gasteiger partial charge in [0.05, 0.1) is 19.8 Å². The quantitative estimate of drug-likeness (QED) is 0.302. The first kappa shape index (κ1) is 32.2. The summed E-state index contributed by atoms with van der Waals surface area (Å²) >= 11 is 0. The number of piperidine rings is 1. The maximum Gasteiger partial charge on any atom is 0.407 e. The van der Waals surface area contributed by atoms with Crippen molar-refractivity contribution >= 4 is 23.8 Å². The molecule has 44 heavy (non-hydrogen) atoms. The molecule has 1 saturated carbocycles. The van der Waals surface area contributed by atoms with E-state index in [1.54, 1.807) is 12.1 Å². The number of nitrogens with one attached hydrogen (secondary N) is 2. The van der Waals surface area contributed by atoms with Gasteiger partial charge in [0.25, 0.3) is 5.91 Å². The van der Waals surface area contributed by atoms with Crippen LogP contribution in [-0.2, 0) is 25.6 Å². The first-order chi connectivity index (χ1) is 21.1. The fourth-order valence-electron chi connectivity index (χ4n) is 6.61. The molecule has 4 amide bonds. The van der Waals surface area contributed by atoms with Gasteiger partial charge in [-0.25, -0.2) is 4.79 Å². The molecule has 1 aromatic carbocycles. The molecule has 0 aromatic heterocycles. The highest BCUT2D eigenvalue weighted by Gasteiger charge is 2.40. The molecule has 12 heteroatoms. The first-order valence-corrected chi connectivity index (χ1v) is 16.0. The summed E-state index contributed by atoms with van der Waals surface area (Å²) in [5.74, 6) is -0.303. The number of ether oxygens (including phenoxy) is 3. The third-order valence-electron chi connectivity index (χ3n) is 8.92. The second-order valence-electron chi connectivity index (χ2n) is 13.2. The maximum atomic E-state index is 13.0. The summed E-state index contributed by atoms with van der Waals surface area (Å²) in [7, 11) is 0. The monoisotopic (exact) mass is 613 g/mol. The molecule has 0 spiro atoms. The molecule has 3 fully saturated rings. The van der Waals surface area contributed by atoms with Gasteiger partial charge in [-0.15, -0.1) is 0 Å². The Kier molecular flexibility index (Phi) is 10.4. The van der Waals surface area contributed by atoms with E-state index in [1.165, 1.54) is 4.90 Å². The van der Waals surface area contributed by atoms with Gasteiger partial charge in [-0.2, -0.15) is 0 Å². The normalized spacial score (nSPS) is 25.0. The van der Waals surface area contributed by atoms with Crippen LogP contribution in [-0.4, -0.2) is 115 Å². The predicted molar refractivity (Wildman–Crippen MR) is 162 cm³/mol. The van der Waals surface area contributed by atoms with Crippen molar-refractivity contribution in [3.05, 3.63) is 29.3 Å². The van der Waals surface area contributed by atoms with Crippen LogP contribution in [0.1, 0.15) is 75.2 Å². The average molecular weight is 614 g/mol. The number of piperazine rings is 1. The number of rotatable bonds is 10. The maximum absolute atomic E-state index is 13.0. The zero-order chi connectivity index (χ0) is 31.3. The van der Waals surface area contributed by atoms with Crippen molar-refractivity contribution in [2.24, 2.45) is 0 Å². The molecule has 242 valence electrons. The van der Waals surface area contributed by atoms with Crippen LogP contribution in [0, 0.1) is 0 Å². The van der Waals surface area contributed by atoms with Gasteiger partial charge in [0.2, 0.25) is 11.8 Å². The molecule has 1 aliphatic carbocycles. The SMILES string of the molecule is CC(C)(C)OC(=O)NC1CCC(N2CCN(CCOCCOc3cccc4c3CN(C3CCC(=O)NC3=O)C4=O)CC2)CC1. The molecule has 2 N–H and O–H groups in total. The van der Waals surface area contributed by atoms with Crippen molar-refractivity contribution in [1.82, 2.24) is 25.3 Å². The molecule has 5 rings (SSSR count). The lowest BCUT2D eigenvalue weighted by atomic mass is 9.90. The number of carbonyl (C=O) groups is 4. The minimum Gasteiger partial charge on any atom is -0.491 e. The molecule has 0 bridgehead atoms. The Morgan fingerprint density at radius 2 is 1.73 bits per heavy atom. The standard InChI is InChI=1S/C32H47N5O7/c1-32(2,3)44-31(41)33-22-7-9-23(10-8-22)36-15-13-35(14-16-36)17-18-42-19-20-43-27-6-4-5-24-25(27)21-37(30(24)40)26-11-12-28(38)34-29(26)39/h4-6,22-23,26H,7-21H2,1-3H3,(H,33,41)(H,34,38,39). The molecule has 4 aliphatic rings. The number of alkyl carbamates (subject to hydrolysis) is 1. The number of nitrogens with zero attached hydrogens (tertiary/aromatic N) is 3. The number of carbonyl (C=O) groups excluding carboxylic acids is 4. The molecule has 1 aromatic rings. The molecule has 3 heterocycles. The Hall–Kier alpha value is -3.22. The number of benzene rings is 1. The lowest BCUT2D eigenvalue weighted by Crippen LogP contribution is -2.52. The largest absolute Gasteiger partial charge is 0.491 e. The third kappa shape index (κ3) is 8.28. The molecule has 3 aliphatic heterocycles.